The van der Waals surface area contributed by atoms with E-state index in [1.54, 1.807) is 0 Å². The molecular weight excluding hydrogens is 252 g/mol. The average Bonchev–Trinajstić information content (AvgIpc) is 2.25. The molecule has 0 saturated heterocycles. The summed E-state index contributed by atoms with van der Waals surface area (Å²) < 4.78 is 0. The van der Waals surface area contributed by atoms with Gasteiger partial charge < -0.3 is 10.2 Å². The van der Waals surface area contributed by atoms with Gasteiger partial charge in [0.05, 0.1) is 23.7 Å². The number of carbonyl (C=O) groups excluding carboxylic acids is 2. The number of carbonyl (C=O) groups is 4. The monoisotopic (exact) mass is 262 g/mol. The molecule has 0 aromatic heterocycles. The molecule has 1 aliphatic rings. The second-order valence-electron chi connectivity index (χ2n) is 3.73. The van der Waals surface area contributed by atoms with Crippen LogP contribution in [-0.4, -0.2) is 44.4 Å². The lowest BCUT2D eigenvalue weighted by atomic mass is 9.55. The van der Waals surface area contributed by atoms with Crippen LogP contribution in [0, 0.1) is 23.7 Å². The maximum Gasteiger partial charge on any atom is 0.308 e. The third-order valence-electron chi connectivity index (χ3n) is 2.94. The highest BCUT2D eigenvalue weighted by Gasteiger charge is 2.63. The summed E-state index contributed by atoms with van der Waals surface area (Å²) in [6, 6.07) is 0. The molecule has 4 unspecified atom stereocenters. The molecule has 100 valence electrons. The van der Waals surface area contributed by atoms with Crippen LogP contribution >= 0.6 is 0 Å². The fraction of sp³-hybridized carbons (Fsp3) is 0.500. The predicted octanol–water partition coefficient (Wildman–Crippen LogP) is -2.36. The number of rotatable bonds is 4. The summed E-state index contributed by atoms with van der Waals surface area (Å²) in [7, 11) is 0. The number of nitrogens with one attached hydrogen (secondary N) is 2. The molecule has 1 saturated carbocycles. The van der Waals surface area contributed by atoms with Crippen LogP contribution in [0.2, 0.25) is 0 Å². The van der Waals surface area contributed by atoms with Gasteiger partial charge in [0.2, 0.25) is 11.8 Å². The van der Waals surface area contributed by atoms with Crippen molar-refractivity contribution in [2.24, 2.45) is 23.7 Å². The summed E-state index contributed by atoms with van der Waals surface area (Å²) in [5.74, 6) is -12.0. The predicted molar refractivity (Wildman–Crippen MR) is 49.1 cm³/mol. The summed E-state index contributed by atoms with van der Waals surface area (Å²) in [5, 5.41) is 34.5. The Morgan fingerprint density at radius 2 is 0.944 bits per heavy atom. The van der Waals surface area contributed by atoms with Gasteiger partial charge in [-0.1, -0.05) is 0 Å². The molecule has 0 radical (unpaired) electrons. The molecule has 0 aromatic rings. The Labute approximate surface area is 99.1 Å². The Hall–Kier alpha value is -2.20. The standard InChI is InChI=1S/C8H10N2O8/c11-5(9-17)1-2(6(12)10-18)4(8(15)16)3(1)7(13)14/h1-4,17-18H,(H,9,11)(H,10,12)(H,13,14)(H,15,16). The average molecular weight is 262 g/mol. The van der Waals surface area contributed by atoms with Gasteiger partial charge in [0.15, 0.2) is 0 Å². The van der Waals surface area contributed by atoms with Gasteiger partial charge in [-0.3, -0.25) is 29.6 Å². The SMILES string of the molecule is O=C(O)C1C(C(=O)O)C(C(=O)NO)C1C(=O)NO. The number of carboxylic acid groups (broad SMARTS) is 2. The van der Waals surface area contributed by atoms with E-state index < -0.39 is 47.4 Å². The second kappa shape index (κ2) is 4.98. The molecule has 1 fully saturated rings. The minimum atomic E-state index is -1.66. The first-order valence-electron chi connectivity index (χ1n) is 4.70. The summed E-state index contributed by atoms with van der Waals surface area (Å²) in [4.78, 5) is 44.2. The van der Waals surface area contributed by atoms with E-state index in [-0.39, 0.29) is 0 Å². The van der Waals surface area contributed by atoms with Gasteiger partial charge in [-0.25, -0.2) is 11.0 Å². The van der Waals surface area contributed by atoms with Crippen molar-refractivity contribution in [1.29, 1.82) is 0 Å². The van der Waals surface area contributed by atoms with Crippen molar-refractivity contribution in [3.63, 3.8) is 0 Å². The van der Waals surface area contributed by atoms with E-state index in [1.807, 2.05) is 0 Å². The van der Waals surface area contributed by atoms with Crippen LogP contribution in [0.1, 0.15) is 0 Å². The van der Waals surface area contributed by atoms with Crippen molar-refractivity contribution in [1.82, 2.24) is 11.0 Å². The van der Waals surface area contributed by atoms with E-state index >= 15 is 0 Å². The normalized spacial score (nSPS) is 29.9. The highest BCUT2D eigenvalue weighted by Crippen LogP contribution is 2.46. The fourth-order valence-electron chi connectivity index (χ4n) is 2.16. The molecule has 0 bridgehead atoms. The first-order valence-corrected chi connectivity index (χ1v) is 4.70. The lowest BCUT2D eigenvalue weighted by Gasteiger charge is -2.44. The van der Waals surface area contributed by atoms with Crippen LogP contribution in [0.4, 0.5) is 0 Å². The Bertz CT molecular complexity index is 370. The van der Waals surface area contributed by atoms with E-state index in [0.29, 0.717) is 0 Å². The molecule has 10 heteroatoms. The minimum Gasteiger partial charge on any atom is -0.481 e. The van der Waals surface area contributed by atoms with E-state index in [2.05, 4.69) is 0 Å². The summed E-state index contributed by atoms with van der Waals surface area (Å²) in [5.41, 5.74) is 2.33. The third-order valence-corrected chi connectivity index (χ3v) is 2.94. The van der Waals surface area contributed by atoms with E-state index in [0.717, 1.165) is 11.0 Å². The highest BCUT2D eigenvalue weighted by molar-refractivity contribution is 5.99. The largest absolute Gasteiger partial charge is 0.481 e. The lowest BCUT2D eigenvalue weighted by Crippen LogP contribution is -2.63. The Kier molecular flexibility index (Phi) is 3.83. The Morgan fingerprint density at radius 3 is 1.11 bits per heavy atom. The van der Waals surface area contributed by atoms with Gasteiger partial charge in [0.1, 0.15) is 0 Å². The molecule has 10 nitrogen and oxygen atoms in total. The van der Waals surface area contributed by atoms with Crippen molar-refractivity contribution in [2.75, 3.05) is 0 Å². The summed E-state index contributed by atoms with van der Waals surface area (Å²) in [6.45, 7) is 0. The third kappa shape index (κ3) is 1.98. The summed E-state index contributed by atoms with van der Waals surface area (Å²) in [6.07, 6.45) is 0. The zero-order valence-electron chi connectivity index (χ0n) is 8.73. The maximum atomic E-state index is 11.2. The molecule has 0 aromatic carbocycles. The topological polar surface area (TPSA) is 173 Å². The van der Waals surface area contributed by atoms with Gasteiger partial charge in [0, 0.05) is 0 Å². The van der Waals surface area contributed by atoms with Crippen LogP contribution in [0.15, 0.2) is 0 Å². The van der Waals surface area contributed by atoms with Crippen LogP contribution in [0.3, 0.4) is 0 Å². The van der Waals surface area contributed by atoms with Crippen LogP contribution in [0.5, 0.6) is 0 Å². The Morgan fingerprint density at radius 1 is 0.667 bits per heavy atom. The van der Waals surface area contributed by atoms with Crippen molar-refractivity contribution in [3.8, 4) is 0 Å². The zero-order chi connectivity index (χ0) is 14.0. The van der Waals surface area contributed by atoms with Crippen molar-refractivity contribution < 1.29 is 39.8 Å². The molecule has 18 heavy (non-hydrogen) atoms. The molecule has 0 spiro atoms. The van der Waals surface area contributed by atoms with Gasteiger partial charge in [-0.2, -0.15) is 0 Å². The van der Waals surface area contributed by atoms with Gasteiger partial charge >= 0.3 is 11.9 Å². The molecule has 2 amide bonds. The lowest BCUT2D eigenvalue weighted by molar-refractivity contribution is -0.185. The smallest absolute Gasteiger partial charge is 0.308 e. The number of carboxylic acids is 2. The first kappa shape index (κ1) is 13.9. The Balaban J connectivity index is 3.10. The van der Waals surface area contributed by atoms with E-state index in [9.17, 15) is 19.2 Å². The van der Waals surface area contributed by atoms with Crippen molar-refractivity contribution >= 4 is 23.8 Å². The maximum absolute atomic E-state index is 11.2. The van der Waals surface area contributed by atoms with Crippen LogP contribution in [-0.2, 0) is 19.2 Å². The molecule has 0 aliphatic heterocycles. The quantitative estimate of drug-likeness (QED) is 0.241. The number of hydrogen-bond donors (Lipinski definition) is 6. The number of aliphatic carboxylic acids is 2. The summed E-state index contributed by atoms with van der Waals surface area (Å²) >= 11 is 0. The van der Waals surface area contributed by atoms with Crippen LogP contribution in [0.25, 0.3) is 0 Å². The molecule has 6 N–H and O–H groups in total. The fourth-order valence-corrected chi connectivity index (χ4v) is 2.16. The second-order valence-corrected chi connectivity index (χ2v) is 3.73. The number of hydroxylamine groups is 2. The zero-order valence-corrected chi connectivity index (χ0v) is 8.73. The van der Waals surface area contributed by atoms with Crippen molar-refractivity contribution in [3.05, 3.63) is 0 Å². The first-order chi connectivity index (χ1) is 8.36. The number of amides is 2. The van der Waals surface area contributed by atoms with Gasteiger partial charge in [-0.15, -0.1) is 0 Å². The molecule has 4 atom stereocenters. The van der Waals surface area contributed by atoms with E-state index in [1.165, 1.54) is 0 Å². The molecule has 0 heterocycles. The molecular formula is C8H10N2O8. The highest BCUT2D eigenvalue weighted by atomic mass is 16.5. The van der Waals surface area contributed by atoms with E-state index in [4.69, 9.17) is 20.6 Å². The van der Waals surface area contributed by atoms with Crippen LogP contribution < -0.4 is 11.0 Å². The van der Waals surface area contributed by atoms with Gasteiger partial charge in [-0.05, 0) is 0 Å². The number of hydrogen-bond acceptors (Lipinski definition) is 6. The van der Waals surface area contributed by atoms with Crippen molar-refractivity contribution in [2.45, 2.75) is 0 Å². The van der Waals surface area contributed by atoms with Gasteiger partial charge in [0.25, 0.3) is 0 Å². The minimum absolute atomic E-state index is 1.16. The molecule has 1 rings (SSSR count). The molecule has 1 aliphatic carbocycles.